The molecule has 0 spiro atoms. The SMILES string of the molecule is Clc1cccc(Oc2ncccc2C2=CCNCC2)c1Cl. The highest BCUT2D eigenvalue weighted by molar-refractivity contribution is 6.42. The highest BCUT2D eigenvalue weighted by atomic mass is 35.5. The minimum Gasteiger partial charge on any atom is -0.437 e. The number of halogens is 2. The monoisotopic (exact) mass is 320 g/mol. The van der Waals surface area contributed by atoms with Crippen LogP contribution in [0.15, 0.2) is 42.6 Å². The Kier molecular flexibility index (Phi) is 4.44. The van der Waals surface area contributed by atoms with Gasteiger partial charge in [-0.3, -0.25) is 0 Å². The van der Waals surface area contributed by atoms with Crippen molar-refractivity contribution in [2.24, 2.45) is 0 Å². The molecule has 1 aromatic heterocycles. The molecule has 2 aromatic rings. The van der Waals surface area contributed by atoms with Crippen LogP contribution in [0.5, 0.6) is 11.6 Å². The minimum absolute atomic E-state index is 0.398. The van der Waals surface area contributed by atoms with E-state index in [0.29, 0.717) is 21.7 Å². The van der Waals surface area contributed by atoms with Gasteiger partial charge in [0.1, 0.15) is 10.8 Å². The number of aromatic nitrogens is 1. The fourth-order valence-corrected chi connectivity index (χ4v) is 2.58. The standard InChI is InChI=1S/C16H14Cl2N2O/c17-13-4-1-5-14(15(13)18)21-16-12(3-2-8-20-16)11-6-9-19-10-7-11/h1-6,8,19H,7,9-10H2. The smallest absolute Gasteiger partial charge is 0.226 e. The Labute approximate surface area is 133 Å². The van der Waals surface area contributed by atoms with E-state index in [1.807, 2.05) is 12.1 Å². The fourth-order valence-electron chi connectivity index (χ4n) is 2.25. The van der Waals surface area contributed by atoms with Crippen LogP contribution < -0.4 is 10.1 Å². The summed E-state index contributed by atoms with van der Waals surface area (Å²) in [6.07, 6.45) is 4.82. The predicted octanol–water partition coefficient (Wildman–Crippen LogP) is 4.56. The van der Waals surface area contributed by atoms with Crippen molar-refractivity contribution in [2.45, 2.75) is 6.42 Å². The van der Waals surface area contributed by atoms with Crippen molar-refractivity contribution >= 4 is 28.8 Å². The third kappa shape index (κ3) is 3.21. The lowest BCUT2D eigenvalue weighted by Crippen LogP contribution is -2.20. The second-order valence-electron chi connectivity index (χ2n) is 4.69. The highest BCUT2D eigenvalue weighted by Gasteiger charge is 2.14. The van der Waals surface area contributed by atoms with Crippen LogP contribution in [0.3, 0.4) is 0 Å². The zero-order valence-electron chi connectivity index (χ0n) is 11.3. The topological polar surface area (TPSA) is 34.1 Å². The van der Waals surface area contributed by atoms with Crippen LogP contribution in [-0.2, 0) is 0 Å². The van der Waals surface area contributed by atoms with Crippen LogP contribution in [0.1, 0.15) is 12.0 Å². The van der Waals surface area contributed by atoms with E-state index < -0.39 is 0 Å². The predicted molar refractivity (Wildman–Crippen MR) is 86.2 cm³/mol. The van der Waals surface area contributed by atoms with Crippen LogP contribution in [0.2, 0.25) is 10.0 Å². The van der Waals surface area contributed by atoms with Crippen molar-refractivity contribution in [3.05, 3.63) is 58.2 Å². The molecule has 1 aromatic carbocycles. The molecule has 0 unspecified atom stereocenters. The quantitative estimate of drug-likeness (QED) is 0.900. The van der Waals surface area contributed by atoms with Gasteiger partial charge in [-0.15, -0.1) is 0 Å². The van der Waals surface area contributed by atoms with Crippen molar-refractivity contribution in [1.82, 2.24) is 10.3 Å². The summed E-state index contributed by atoms with van der Waals surface area (Å²) in [6.45, 7) is 1.82. The second kappa shape index (κ2) is 6.48. The molecule has 1 aliphatic rings. The molecular formula is C16H14Cl2N2O. The Morgan fingerprint density at radius 2 is 2.05 bits per heavy atom. The molecule has 0 fully saturated rings. The number of pyridine rings is 1. The number of nitrogens with zero attached hydrogens (tertiary/aromatic N) is 1. The summed E-state index contributed by atoms with van der Waals surface area (Å²) in [5, 5.41) is 4.16. The van der Waals surface area contributed by atoms with Gasteiger partial charge in [0, 0.05) is 18.3 Å². The van der Waals surface area contributed by atoms with E-state index in [2.05, 4.69) is 16.4 Å². The number of ether oxygens (including phenoxy) is 1. The first-order valence-electron chi connectivity index (χ1n) is 6.72. The maximum Gasteiger partial charge on any atom is 0.226 e. The summed E-state index contributed by atoms with van der Waals surface area (Å²) in [6, 6.07) is 9.23. The van der Waals surface area contributed by atoms with E-state index in [1.165, 1.54) is 5.57 Å². The van der Waals surface area contributed by atoms with Crippen LogP contribution in [0, 0.1) is 0 Å². The van der Waals surface area contributed by atoms with Crippen LogP contribution in [-0.4, -0.2) is 18.1 Å². The largest absolute Gasteiger partial charge is 0.437 e. The summed E-state index contributed by atoms with van der Waals surface area (Å²) < 4.78 is 5.89. The summed E-state index contributed by atoms with van der Waals surface area (Å²) in [5.41, 5.74) is 2.23. The van der Waals surface area contributed by atoms with Gasteiger partial charge in [0.2, 0.25) is 5.88 Å². The van der Waals surface area contributed by atoms with Gasteiger partial charge in [-0.05, 0) is 42.8 Å². The fraction of sp³-hybridized carbons (Fsp3) is 0.188. The van der Waals surface area contributed by atoms with Crippen molar-refractivity contribution in [3.8, 4) is 11.6 Å². The van der Waals surface area contributed by atoms with Crippen molar-refractivity contribution < 1.29 is 4.74 Å². The first-order valence-corrected chi connectivity index (χ1v) is 7.48. The van der Waals surface area contributed by atoms with E-state index in [4.69, 9.17) is 27.9 Å². The number of hydrogen-bond acceptors (Lipinski definition) is 3. The van der Waals surface area contributed by atoms with E-state index in [-0.39, 0.29) is 0 Å². The highest BCUT2D eigenvalue weighted by Crippen LogP contribution is 2.36. The Morgan fingerprint density at radius 1 is 1.14 bits per heavy atom. The maximum atomic E-state index is 6.17. The van der Waals surface area contributed by atoms with Crippen molar-refractivity contribution in [1.29, 1.82) is 0 Å². The molecule has 0 saturated heterocycles. The number of benzene rings is 1. The van der Waals surface area contributed by atoms with E-state index in [9.17, 15) is 0 Å². The lowest BCUT2D eigenvalue weighted by Gasteiger charge is -2.17. The van der Waals surface area contributed by atoms with Gasteiger partial charge in [0.25, 0.3) is 0 Å². The molecule has 2 heterocycles. The third-order valence-corrected chi connectivity index (χ3v) is 4.11. The van der Waals surface area contributed by atoms with Crippen molar-refractivity contribution in [2.75, 3.05) is 13.1 Å². The molecule has 1 N–H and O–H groups in total. The number of nitrogens with one attached hydrogen (secondary N) is 1. The van der Waals surface area contributed by atoms with Gasteiger partial charge in [0.15, 0.2) is 0 Å². The average molecular weight is 321 g/mol. The molecule has 0 amide bonds. The zero-order valence-corrected chi connectivity index (χ0v) is 12.8. The van der Waals surface area contributed by atoms with E-state index in [1.54, 1.807) is 24.4 Å². The summed E-state index contributed by atoms with van der Waals surface area (Å²) in [4.78, 5) is 4.33. The summed E-state index contributed by atoms with van der Waals surface area (Å²) in [7, 11) is 0. The number of rotatable bonds is 3. The van der Waals surface area contributed by atoms with Gasteiger partial charge < -0.3 is 10.1 Å². The van der Waals surface area contributed by atoms with Gasteiger partial charge in [-0.2, -0.15) is 0 Å². The third-order valence-electron chi connectivity index (χ3n) is 3.30. The molecule has 21 heavy (non-hydrogen) atoms. The van der Waals surface area contributed by atoms with Gasteiger partial charge in [0.05, 0.1) is 5.02 Å². The van der Waals surface area contributed by atoms with Crippen LogP contribution >= 0.6 is 23.2 Å². The Hall–Kier alpha value is -1.55. The molecule has 0 bridgehead atoms. The normalized spacial score (nSPS) is 14.7. The minimum atomic E-state index is 0.398. The van der Waals surface area contributed by atoms with Crippen LogP contribution in [0.4, 0.5) is 0 Å². The molecule has 0 radical (unpaired) electrons. The lowest BCUT2D eigenvalue weighted by molar-refractivity contribution is 0.461. The lowest BCUT2D eigenvalue weighted by atomic mass is 10.0. The molecule has 3 rings (SSSR count). The molecule has 0 saturated carbocycles. The molecule has 108 valence electrons. The summed E-state index contributed by atoms with van der Waals surface area (Å²) in [5.74, 6) is 1.06. The molecule has 0 atom stereocenters. The van der Waals surface area contributed by atoms with E-state index in [0.717, 1.165) is 25.1 Å². The first-order chi connectivity index (χ1) is 10.3. The van der Waals surface area contributed by atoms with Gasteiger partial charge >= 0.3 is 0 Å². The molecule has 5 heteroatoms. The molecule has 3 nitrogen and oxygen atoms in total. The van der Waals surface area contributed by atoms with E-state index >= 15 is 0 Å². The molecule has 0 aliphatic carbocycles. The van der Waals surface area contributed by atoms with Crippen LogP contribution in [0.25, 0.3) is 5.57 Å². The second-order valence-corrected chi connectivity index (χ2v) is 5.48. The Bertz CT molecular complexity index is 686. The van der Waals surface area contributed by atoms with Gasteiger partial charge in [-0.25, -0.2) is 4.98 Å². The Balaban J connectivity index is 1.96. The Morgan fingerprint density at radius 3 is 2.86 bits per heavy atom. The first kappa shape index (κ1) is 14.4. The summed E-state index contributed by atoms with van der Waals surface area (Å²) >= 11 is 12.2. The average Bonchev–Trinajstić information content (AvgIpc) is 2.53. The molecular weight excluding hydrogens is 307 g/mol. The zero-order chi connectivity index (χ0) is 14.7. The molecule has 1 aliphatic heterocycles. The van der Waals surface area contributed by atoms with Gasteiger partial charge in [-0.1, -0.05) is 35.3 Å². The number of hydrogen-bond donors (Lipinski definition) is 1. The van der Waals surface area contributed by atoms with Crippen molar-refractivity contribution in [3.63, 3.8) is 0 Å². The maximum absolute atomic E-state index is 6.17.